The molecule has 1 fully saturated rings. The van der Waals surface area contributed by atoms with E-state index in [9.17, 15) is 18.0 Å². The third-order valence-corrected chi connectivity index (χ3v) is 6.66. The number of nitrogens with one attached hydrogen (secondary N) is 2. The van der Waals surface area contributed by atoms with Gasteiger partial charge in [-0.15, -0.1) is 0 Å². The summed E-state index contributed by atoms with van der Waals surface area (Å²) in [6.07, 6.45) is 1.32. The van der Waals surface area contributed by atoms with E-state index < -0.39 is 11.7 Å². The minimum atomic E-state index is -4.38. The Labute approximate surface area is 222 Å². The van der Waals surface area contributed by atoms with Crippen molar-refractivity contribution >= 4 is 17.4 Å². The molecule has 6 nitrogen and oxygen atoms in total. The molecule has 6 rings (SSSR count). The number of alkyl halides is 3. The minimum absolute atomic E-state index is 0.0764. The van der Waals surface area contributed by atoms with E-state index in [0.717, 1.165) is 41.8 Å². The van der Waals surface area contributed by atoms with Gasteiger partial charge in [0.05, 0.1) is 23.1 Å². The fraction of sp³-hybridized carbons (Fsp3) is 0.167. The largest absolute Gasteiger partial charge is 0.416 e. The van der Waals surface area contributed by atoms with Crippen LogP contribution in [0.25, 0.3) is 28.2 Å². The van der Waals surface area contributed by atoms with Crippen LogP contribution >= 0.6 is 0 Å². The van der Waals surface area contributed by atoms with Crippen LogP contribution in [0.4, 0.5) is 19.0 Å². The average molecular weight is 528 g/mol. The van der Waals surface area contributed by atoms with Gasteiger partial charge in [0.25, 0.3) is 5.91 Å². The molecule has 0 aliphatic heterocycles. The monoisotopic (exact) mass is 527 g/mol. The highest BCUT2D eigenvalue weighted by atomic mass is 19.4. The van der Waals surface area contributed by atoms with Crippen molar-refractivity contribution in [3.05, 3.63) is 108 Å². The average Bonchev–Trinajstić information content (AvgIpc) is 3.66. The molecule has 1 aliphatic rings. The number of amides is 1. The van der Waals surface area contributed by atoms with E-state index in [1.165, 1.54) is 12.1 Å². The molecule has 2 N–H and O–H groups in total. The smallest absolute Gasteiger partial charge is 0.363 e. The summed E-state index contributed by atoms with van der Waals surface area (Å²) in [4.78, 5) is 21.8. The standard InChI is InChI=1S/C30H24F3N5O/c31-30(32,33)23-12-6-19(7-13-23)16-34-27-28-35-17-26(38(28)18-25(37-27)20-4-2-1-3-5-20)21-8-10-22(11-9-21)29(39)36-24-14-15-24/h1-13,17-18,24H,14-16H2,(H,34,37)(H,36,39). The van der Waals surface area contributed by atoms with E-state index in [1.54, 1.807) is 18.3 Å². The maximum atomic E-state index is 13.0. The van der Waals surface area contributed by atoms with Crippen LogP contribution < -0.4 is 10.6 Å². The van der Waals surface area contributed by atoms with Gasteiger partial charge in [-0.05, 0) is 42.7 Å². The van der Waals surface area contributed by atoms with Crippen LogP contribution in [0.3, 0.4) is 0 Å². The molecule has 3 aromatic carbocycles. The van der Waals surface area contributed by atoms with E-state index in [0.29, 0.717) is 28.3 Å². The Morgan fingerprint density at radius 3 is 2.31 bits per heavy atom. The fourth-order valence-corrected chi connectivity index (χ4v) is 4.35. The maximum absolute atomic E-state index is 13.0. The summed E-state index contributed by atoms with van der Waals surface area (Å²) in [7, 11) is 0. The molecule has 0 atom stereocenters. The number of rotatable bonds is 7. The lowest BCUT2D eigenvalue weighted by molar-refractivity contribution is -0.137. The number of anilines is 1. The van der Waals surface area contributed by atoms with Crippen LogP contribution in [0.2, 0.25) is 0 Å². The first-order valence-electron chi connectivity index (χ1n) is 12.6. The zero-order chi connectivity index (χ0) is 27.0. The first-order valence-corrected chi connectivity index (χ1v) is 12.6. The number of carbonyl (C=O) groups is 1. The van der Waals surface area contributed by atoms with Gasteiger partial charge in [-0.3, -0.25) is 9.20 Å². The second kappa shape index (κ2) is 9.90. The number of aromatic nitrogens is 3. The topological polar surface area (TPSA) is 71.3 Å². The molecule has 2 heterocycles. The first kappa shape index (κ1) is 24.7. The molecule has 5 aromatic rings. The molecule has 0 radical (unpaired) electrons. The summed E-state index contributed by atoms with van der Waals surface area (Å²) in [5.41, 5.74) is 4.48. The molecular formula is C30H24F3N5O. The van der Waals surface area contributed by atoms with Crippen molar-refractivity contribution in [1.29, 1.82) is 0 Å². The molecular weight excluding hydrogens is 503 g/mol. The van der Waals surface area contributed by atoms with Crippen molar-refractivity contribution in [2.45, 2.75) is 31.6 Å². The number of fused-ring (bicyclic) bond motifs is 1. The van der Waals surface area contributed by atoms with Crippen LogP contribution in [-0.2, 0) is 12.7 Å². The lowest BCUT2D eigenvalue weighted by atomic mass is 10.1. The zero-order valence-electron chi connectivity index (χ0n) is 20.7. The Hall–Kier alpha value is -4.66. The highest BCUT2D eigenvalue weighted by Gasteiger charge is 2.30. The Morgan fingerprint density at radius 1 is 0.923 bits per heavy atom. The molecule has 0 spiro atoms. The highest BCUT2D eigenvalue weighted by molar-refractivity contribution is 5.95. The molecule has 39 heavy (non-hydrogen) atoms. The normalized spacial score (nSPS) is 13.4. The van der Waals surface area contributed by atoms with E-state index >= 15 is 0 Å². The number of hydrogen-bond acceptors (Lipinski definition) is 4. The SMILES string of the molecule is O=C(NC1CC1)c1ccc(-c2cnc3c(NCc4ccc(C(F)(F)F)cc4)nc(-c4ccccc4)cn23)cc1. The van der Waals surface area contributed by atoms with Gasteiger partial charge in [-0.25, -0.2) is 9.97 Å². The quantitative estimate of drug-likeness (QED) is 0.251. The summed E-state index contributed by atoms with van der Waals surface area (Å²) in [6, 6.07) is 22.4. The third-order valence-electron chi connectivity index (χ3n) is 6.66. The molecule has 9 heteroatoms. The maximum Gasteiger partial charge on any atom is 0.416 e. The van der Waals surface area contributed by atoms with Gasteiger partial charge in [0, 0.05) is 35.5 Å². The van der Waals surface area contributed by atoms with Crippen molar-refractivity contribution in [1.82, 2.24) is 19.7 Å². The molecule has 0 bridgehead atoms. The molecule has 0 saturated heterocycles. The van der Waals surface area contributed by atoms with Crippen LogP contribution in [-0.4, -0.2) is 26.3 Å². The molecule has 1 amide bonds. The molecule has 1 saturated carbocycles. The van der Waals surface area contributed by atoms with Crippen molar-refractivity contribution in [2.75, 3.05) is 5.32 Å². The fourth-order valence-electron chi connectivity index (χ4n) is 4.35. The van der Waals surface area contributed by atoms with Crippen molar-refractivity contribution in [2.24, 2.45) is 0 Å². The van der Waals surface area contributed by atoms with Gasteiger partial charge in [-0.2, -0.15) is 13.2 Å². The van der Waals surface area contributed by atoms with Crippen LogP contribution in [0, 0.1) is 0 Å². The summed E-state index contributed by atoms with van der Waals surface area (Å²) >= 11 is 0. The van der Waals surface area contributed by atoms with Crippen LogP contribution in [0.5, 0.6) is 0 Å². The highest BCUT2D eigenvalue weighted by Crippen LogP contribution is 2.30. The lowest BCUT2D eigenvalue weighted by Gasteiger charge is -2.12. The number of halogens is 3. The summed E-state index contributed by atoms with van der Waals surface area (Å²) in [5, 5.41) is 6.25. The number of imidazole rings is 1. The molecule has 2 aromatic heterocycles. The molecule has 0 unspecified atom stereocenters. The van der Waals surface area contributed by atoms with E-state index in [-0.39, 0.29) is 18.5 Å². The summed E-state index contributed by atoms with van der Waals surface area (Å²) in [5.74, 6) is 0.426. The molecule has 1 aliphatic carbocycles. The Kier molecular flexibility index (Phi) is 6.26. The van der Waals surface area contributed by atoms with Crippen LogP contribution in [0.1, 0.15) is 34.3 Å². The van der Waals surface area contributed by atoms with Crippen molar-refractivity contribution in [3.63, 3.8) is 0 Å². The third kappa shape index (κ3) is 5.34. The van der Waals surface area contributed by atoms with Gasteiger partial charge < -0.3 is 10.6 Å². The van der Waals surface area contributed by atoms with Crippen molar-refractivity contribution in [3.8, 4) is 22.5 Å². The second-order valence-electron chi connectivity index (χ2n) is 9.55. The summed E-state index contributed by atoms with van der Waals surface area (Å²) < 4.78 is 40.8. The Bertz CT molecular complexity index is 1620. The van der Waals surface area contributed by atoms with Gasteiger partial charge in [0.1, 0.15) is 0 Å². The first-order chi connectivity index (χ1) is 18.8. The summed E-state index contributed by atoms with van der Waals surface area (Å²) in [6.45, 7) is 0.270. The van der Waals surface area contributed by atoms with Crippen molar-refractivity contribution < 1.29 is 18.0 Å². The molecule has 196 valence electrons. The van der Waals surface area contributed by atoms with Gasteiger partial charge in [0.2, 0.25) is 0 Å². The second-order valence-corrected chi connectivity index (χ2v) is 9.55. The van der Waals surface area contributed by atoms with Gasteiger partial charge in [0.15, 0.2) is 11.5 Å². The predicted molar refractivity (Wildman–Crippen MR) is 143 cm³/mol. The van der Waals surface area contributed by atoms with Crippen LogP contribution in [0.15, 0.2) is 91.3 Å². The van der Waals surface area contributed by atoms with E-state index in [2.05, 4.69) is 15.6 Å². The predicted octanol–water partition coefficient (Wildman–Crippen LogP) is 6.59. The Morgan fingerprint density at radius 2 is 1.64 bits per heavy atom. The number of benzene rings is 3. The lowest BCUT2D eigenvalue weighted by Crippen LogP contribution is -2.25. The minimum Gasteiger partial charge on any atom is -0.363 e. The number of hydrogen-bond donors (Lipinski definition) is 2. The van der Waals surface area contributed by atoms with E-state index in [4.69, 9.17) is 4.98 Å². The van der Waals surface area contributed by atoms with Gasteiger partial charge in [-0.1, -0.05) is 54.6 Å². The Balaban J connectivity index is 1.33. The zero-order valence-corrected chi connectivity index (χ0v) is 20.7. The van der Waals surface area contributed by atoms with Gasteiger partial charge >= 0.3 is 6.18 Å². The number of nitrogens with zero attached hydrogens (tertiary/aromatic N) is 3. The number of carbonyl (C=O) groups excluding carboxylic acids is 1. The van der Waals surface area contributed by atoms with E-state index in [1.807, 2.05) is 53.1 Å².